The van der Waals surface area contributed by atoms with Crippen LogP contribution in [0, 0.1) is 11.3 Å². The summed E-state index contributed by atoms with van der Waals surface area (Å²) in [7, 11) is 1.52. The summed E-state index contributed by atoms with van der Waals surface area (Å²) in [6.45, 7) is 4.00. The van der Waals surface area contributed by atoms with Gasteiger partial charge in [-0.25, -0.2) is 5.01 Å². The summed E-state index contributed by atoms with van der Waals surface area (Å²) in [6, 6.07) is 21.8. The Morgan fingerprint density at radius 1 is 1.06 bits per heavy atom. The Hall–Kier alpha value is -4.83. The van der Waals surface area contributed by atoms with Crippen LogP contribution in [-0.4, -0.2) is 18.9 Å². The first-order valence-electron chi connectivity index (χ1n) is 10.9. The molecule has 1 fully saturated rings. The van der Waals surface area contributed by atoms with Gasteiger partial charge >= 0.3 is 0 Å². The second-order valence-electron chi connectivity index (χ2n) is 7.74. The third-order valence-electron chi connectivity index (χ3n) is 5.46. The summed E-state index contributed by atoms with van der Waals surface area (Å²) in [6.07, 6.45) is 3.73. The lowest BCUT2D eigenvalue weighted by Crippen LogP contribution is -2.35. The number of carbonyl (C=O) groups is 2. The molecule has 2 amide bonds. The van der Waals surface area contributed by atoms with Gasteiger partial charge < -0.3 is 9.47 Å². The van der Waals surface area contributed by atoms with Gasteiger partial charge in [0.1, 0.15) is 12.2 Å². The predicted molar refractivity (Wildman–Crippen MR) is 132 cm³/mol. The second-order valence-corrected chi connectivity index (χ2v) is 7.74. The van der Waals surface area contributed by atoms with Crippen LogP contribution >= 0.6 is 0 Å². The molecule has 4 rings (SSSR count). The third-order valence-corrected chi connectivity index (χ3v) is 5.46. The van der Waals surface area contributed by atoms with Gasteiger partial charge in [0.05, 0.1) is 24.4 Å². The highest BCUT2D eigenvalue weighted by atomic mass is 16.5. The van der Waals surface area contributed by atoms with E-state index in [1.54, 1.807) is 48.5 Å². The fourth-order valence-electron chi connectivity index (χ4n) is 3.78. The number of allylic oxidation sites excluding steroid dienone is 1. The fraction of sp³-hybridized carbons (Fsp3) is 0.107. The van der Waals surface area contributed by atoms with Gasteiger partial charge in [0.2, 0.25) is 0 Å². The molecule has 174 valence electrons. The lowest BCUT2D eigenvalue weighted by molar-refractivity contribution is -0.117. The van der Waals surface area contributed by atoms with Gasteiger partial charge in [-0.15, -0.1) is 6.58 Å². The minimum atomic E-state index is -0.489. The number of hydrogen-bond donors (Lipinski definition) is 1. The molecule has 1 N–H and O–H groups in total. The second kappa shape index (κ2) is 10.4. The van der Waals surface area contributed by atoms with Crippen molar-refractivity contribution < 1.29 is 19.1 Å². The van der Waals surface area contributed by atoms with Crippen LogP contribution in [0.4, 0.5) is 5.69 Å². The molecule has 0 bridgehead atoms. The molecule has 3 aromatic carbocycles. The van der Waals surface area contributed by atoms with Crippen molar-refractivity contribution >= 4 is 23.6 Å². The van der Waals surface area contributed by atoms with E-state index in [2.05, 4.69) is 18.1 Å². The Bertz CT molecular complexity index is 1360. The molecule has 7 nitrogen and oxygen atoms in total. The number of ether oxygens (including phenoxy) is 2. The zero-order valence-corrected chi connectivity index (χ0v) is 19.2. The molecule has 7 heteroatoms. The van der Waals surface area contributed by atoms with Gasteiger partial charge in [-0.1, -0.05) is 42.5 Å². The first kappa shape index (κ1) is 23.3. The summed E-state index contributed by atoms with van der Waals surface area (Å²) >= 11 is 0. The van der Waals surface area contributed by atoms with Gasteiger partial charge in [0.25, 0.3) is 11.8 Å². The Labute approximate surface area is 203 Å². The van der Waals surface area contributed by atoms with Crippen LogP contribution in [0.2, 0.25) is 0 Å². The van der Waals surface area contributed by atoms with Crippen molar-refractivity contribution in [3.63, 3.8) is 0 Å². The fourth-order valence-corrected chi connectivity index (χ4v) is 3.78. The molecule has 0 radical (unpaired) electrons. The van der Waals surface area contributed by atoms with Crippen LogP contribution in [-0.2, 0) is 22.6 Å². The van der Waals surface area contributed by atoms with E-state index in [-0.39, 0.29) is 12.2 Å². The molecule has 1 aliphatic heterocycles. The van der Waals surface area contributed by atoms with Crippen LogP contribution in [0.15, 0.2) is 85.0 Å². The number of hydrazine groups is 1. The zero-order chi connectivity index (χ0) is 24.8. The predicted octanol–water partition coefficient (Wildman–Crippen LogP) is 4.34. The molecule has 0 unspecified atom stereocenters. The Balaban J connectivity index is 1.66. The van der Waals surface area contributed by atoms with Crippen molar-refractivity contribution in [1.82, 2.24) is 5.43 Å². The van der Waals surface area contributed by atoms with Crippen molar-refractivity contribution in [2.75, 3.05) is 12.1 Å². The van der Waals surface area contributed by atoms with E-state index in [1.165, 1.54) is 18.2 Å². The summed E-state index contributed by atoms with van der Waals surface area (Å²) in [5.74, 6) is 0.0159. The minimum absolute atomic E-state index is 0.0112. The van der Waals surface area contributed by atoms with E-state index >= 15 is 0 Å². The number of nitriles is 1. The van der Waals surface area contributed by atoms with E-state index in [4.69, 9.17) is 9.47 Å². The lowest BCUT2D eigenvalue weighted by Gasteiger charge is -2.16. The topological polar surface area (TPSA) is 91.7 Å². The number of benzene rings is 3. The van der Waals surface area contributed by atoms with E-state index in [0.717, 1.165) is 11.1 Å². The van der Waals surface area contributed by atoms with Crippen molar-refractivity contribution in [3.05, 3.63) is 107 Å². The molecular formula is C28H23N3O4. The van der Waals surface area contributed by atoms with Crippen LogP contribution in [0.3, 0.4) is 0 Å². The molecule has 0 aliphatic carbocycles. The average Bonchev–Trinajstić information content (AvgIpc) is 3.17. The smallest absolute Gasteiger partial charge is 0.282 e. The molecule has 0 saturated carbocycles. The highest BCUT2D eigenvalue weighted by Crippen LogP contribution is 2.35. The van der Waals surface area contributed by atoms with Gasteiger partial charge in [-0.05, 0) is 48.4 Å². The first-order chi connectivity index (χ1) is 17.0. The van der Waals surface area contributed by atoms with Gasteiger partial charge in [0, 0.05) is 11.1 Å². The zero-order valence-electron chi connectivity index (χ0n) is 19.2. The highest BCUT2D eigenvalue weighted by Gasteiger charge is 2.34. The number of anilines is 1. The number of nitrogens with one attached hydrogen (secondary N) is 1. The van der Waals surface area contributed by atoms with Crippen LogP contribution in [0.5, 0.6) is 11.5 Å². The molecule has 1 heterocycles. The normalized spacial score (nSPS) is 13.9. The maximum Gasteiger partial charge on any atom is 0.282 e. The number of amides is 2. The Morgan fingerprint density at radius 3 is 2.51 bits per heavy atom. The molecule has 3 aromatic rings. The SMILES string of the molecule is C=CCc1cc(/C=C2/C(=O)NN(c3ccccc3)C2=O)cc(OC)c1OCc1ccccc1C#N. The van der Waals surface area contributed by atoms with Crippen LogP contribution < -0.4 is 19.9 Å². The highest BCUT2D eigenvalue weighted by molar-refractivity contribution is 6.31. The van der Waals surface area contributed by atoms with E-state index in [9.17, 15) is 14.9 Å². The molecule has 0 spiro atoms. The standard InChI is InChI=1S/C28H23N3O4/c1-3-9-20-14-19(15-24-27(32)30-31(28(24)33)23-12-5-4-6-13-23)16-25(34-2)26(20)35-18-22-11-8-7-10-21(22)17-29/h3-8,10-16H,1,9,18H2,2H3,(H,30,32)/b24-15-. The average molecular weight is 466 g/mol. The molecule has 1 saturated heterocycles. The molecule has 0 aromatic heterocycles. The molecular weight excluding hydrogens is 442 g/mol. The number of para-hydroxylation sites is 1. The molecule has 35 heavy (non-hydrogen) atoms. The van der Waals surface area contributed by atoms with E-state index in [0.29, 0.717) is 34.7 Å². The third kappa shape index (κ3) is 4.92. The maximum absolute atomic E-state index is 12.9. The number of hydrogen-bond acceptors (Lipinski definition) is 5. The van der Waals surface area contributed by atoms with Gasteiger partial charge in [0.15, 0.2) is 11.5 Å². The Kier molecular flexibility index (Phi) is 6.94. The van der Waals surface area contributed by atoms with Gasteiger partial charge in [-0.3, -0.25) is 15.0 Å². The van der Waals surface area contributed by atoms with E-state index < -0.39 is 11.8 Å². The van der Waals surface area contributed by atoms with Crippen molar-refractivity contribution in [2.45, 2.75) is 13.0 Å². The van der Waals surface area contributed by atoms with E-state index in [1.807, 2.05) is 24.3 Å². The monoisotopic (exact) mass is 465 g/mol. The van der Waals surface area contributed by atoms with Crippen molar-refractivity contribution in [2.24, 2.45) is 0 Å². The minimum Gasteiger partial charge on any atom is -0.493 e. The lowest BCUT2D eigenvalue weighted by atomic mass is 10.0. The number of methoxy groups -OCH3 is 1. The van der Waals surface area contributed by atoms with Crippen molar-refractivity contribution in [3.8, 4) is 17.6 Å². The molecule has 1 aliphatic rings. The summed E-state index contributed by atoms with van der Waals surface area (Å²) in [5, 5.41) is 10.6. The van der Waals surface area contributed by atoms with Crippen LogP contribution in [0.25, 0.3) is 6.08 Å². The maximum atomic E-state index is 12.9. The Morgan fingerprint density at radius 2 is 1.80 bits per heavy atom. The number of nitrogens with zero attached hydrogens (tertiary/aromatic N) is 2. The largest absolute Gasteiger partial charge is 0.493 e. The first-order valence-corrected chi connectivity index (χ1v) is 10.9. The quantitative estimate of drug-likeness (QED) is 0.304. The van der Waals surface area contributed by atoms with Gasteiger partial charge in [-0.2, -0.15) is 5.26 Å². The van der Waals surface area contributed by atoms with Crippen molar-refractivity contribution in [1.29, 1.82) is 5.26 Å². The number of carbonyl (C=O) groups excluding carboxylic acids is 2. The van der Waals surface area contributed by atoms with Crippen LogP contribution in [0.1, 0.15) is 22.3 Å². The number of rotatable bonds is 8. The summed E-state index contributed by atoms with van der Waals surface area (Å²) in [5.41, 5.74) is 5.84. The summed E-state index contributed by atoms with van der Waals surface area (Å²) in [4.78, 5) is 25.5. The molecule has 0 atom stereocenters. The summed E-state index contributed by atoms with van der Waals surface area (Å²) < 4.78 is 11.7.